The molecule has 1 aliphatic rings. The number of carbonyl (C=O) groups excluding carboxylic acids is 1. The molecule has 0 N–H and O–H groups in total. The summed E-state index contributed by atoms with van der Waals surface area (Å²) in [5, 5.41) is 0. The van der Waals surface area contributed by atoms with Crippen molar-refractivity contribution in [3.8, 4) is 0 Å². The number of hydrogen-bond donors (Lipinski definition) is 0. The van der Waals surface area contributed by atoms with E-state index in [1.54, 1.807) is 24.3 Å². The van der Waals surface area contributed by atoms with E-state index in [1.807, 2.05) is 24.0 Å². The van der Waals surface area contributed by atoms with Gasteiger partial charge in [-0.15, -0.1) is 0 Å². The molecule has 1 amide bonds. The number of amides is 1. The van der Waals surface area contributed by atoms with E-state index in [0.29, 0.717) is 12.6 Å². The molecule has 0 spiro atoms. The molecule has 0 bridgehead atoms. The second kappa shape index (κ2) is 6.32. The minimum absolute atomic E-state index is 0.0184. The number of carbonyl (C=O) groups is 1. The van der Waals surface area contributed by atoms with Crippen molar-refractivity contribution in [2.24, 2.45) is 0 Å². The molecule has 2 rings (SSSR count). The Hall–Kier alpha value is -1.90. The smallest absolute Gasteiger partial charge is 0.247 e. The van der Waals surface area contributed by atoms with Crippen LogP contribution in [0.2, 0.25) is 0 Å². The van der Waals surface area contributed by atoms with Gasteiger partial charge in [0.15, 0.2) is 0 Å². The minimum Gasteiger partial charge on any atom is -0.332 e. The molecule has 1 aromatic carbocycles. The van der Waals surface area contributed by atoms with Crippen molar-refractivity contribution in [1.82, 2.24) is 4.90 Å². The predicted molar refractivity (Wildman–Crippen MR) is 73.9 cm³/mol. The van der Waals surface area contributed by atoms with Crippen LogP contribution >= 0.6 is 0 Å². The second-order valence-electron chi connectivity index (χ2n) is 4.71. The van der Waals surface area contributed by atoms with Gasteiger partial charge in [0.05, 0.1) is 0 Å². The molecule has 3 heteroatoms. The fourth-order valence-electron chi connectivity index (χ4n) is 1.90. The molecule has 1 fully saturated rings. The Morgan fingerprint density at radius 1 is 1.32 bits per heavy atom. The van der Waals surface area contributed by atoms with Crippen molar-refractivity contribution < 1.29 is 9.18 Å². The maximum absolute atomic E-state index is 12.9. The maximum atomic E-state index is 12.9. The molecule has 0 atom stereocenters. The first kappa shape index (κ1) is 13.5. The summed E-state index contributed by atoms with van der Waals surface area (Å²) in [6.07, 6.45) is 9.17. The average molecular weight is 259 g/mol. The van der Waals surface area contributed by atoms with Crippen LogP contribution in [0.3, 0.4) is 0 Å². The van der Waals surface area contributed by atoms with Gasteiger partial charge in [-0.3, -0.25) is 4.79 Å². The van der Waals surface area contributed by atoms with Crippen LogP contribution in [-0.2, 0) is 11.3 Å². The van der Waals surface area contributed by atoms with E-state index in [4.69, 9.17) is 0 Å². The largest absolute Gasteiger partial charge is 0.332 e. The Morgan fingerprint density at radius 2 is 2.00 bits per heavy atom. The van der Waals surface area contributed by atoms with Crippen LogP contribution in [0.25, 0.3) is 0 Å². The summed E-state index contributed by atoms with van der Waals surface area (Å²) in [5.74, 6) is -0.231. The van der Waals surface area contributed by atoms with Gasteiger partial charge < -0.3 is 4.90 Å². The first-order valence-corrected chi connectivity index (χ1v) is 6.55. The lowest BCUT2D eigenvalue weighted by molar-refractivity contribution is -0.127. The minimum atomic E-state index is -0.249. The quantitative estimate of drug-likeness (QED) is 0.586. The lowest BCUT2D eigenvalue weighted by Crippen LogP contribution is -2.31. The Morgan fingerprint density at radius 3 is 2.58 bits per heavy atom. The maximum Gasteiger partial charge on any atom is 0.247 e. The standard InChI is InChI=1S/C16H18FNO/c1-2-3-4-5-16(19)18(15-10-11-15)12-13-6-8-14(17)9-7-13/h2-9,15H,10-12H2,1H3/b3-2+,5-4+. The fraction of sp³-hybridized carbons (Fsp3) is 0.312. The molecule has 100 valence electrons. The summed E-state index contributed by atoms with van der Waals surface area (Å²) in [6.45, 7) is 2.45. The van der Waals surface area contributed by atoms with Crippen LogP contribution in [0.1, 0.15) is 25.3 Å². The molecule has 0 saturated heterocycles. The van der Waals surface area contributed by atoms with Crippen molar-refractivity contribution in [2.75, 3.05) is 0 Å². The highest BCUT2D eigenvalue weighted by molar-refractivity contribution is 5.88. The zero-order valence-electron chi connectivity index (χ0n) is 11.1. The molecular weight excluding hydrogens is 241 g/mol. The Bertz CT molecular complexity index is 486. The van der Waals surface area contributed by atoms with Gasteiger partial charge in [0, 0.05) is 18.7 Å². The molecule has 0 aliphatic heterocycles. The Balaban J connectivity index is 2.04. The third-order valence-corrected chi connectivity index (χ3v) is 3.08. The lowest BCUT2D eigenvalue weighted by Gasteiger charge is -2.20. The highest BCUT2D eigenvalue weighted by Crippen LogP contribution is 2.28. The molecule has 0 radical (unpaired) electrons. The average Bonchev–Trinajstić information content (AvgIpc) is 3.22. The SMILES string of the molecule is C/C=C/C=C/C(=O)N(Cc1ccc(F)cc1)C1CC1. The van der Waals surface area contributed by atoms with Crippen LogP contribution in [0, 0.1) is 5.82 Å². The van der Waals surface area contributed by atoms with Gasteiger partial charge in [0.2, 0.25) is 5.91 Å². The van der Waals surface area contributed by atoms with Crippen LogP contribution in [-0.4, -0.2) is 16.8 Å². The van der Waals surface area contributed by atoms with Gasteiger partial charge >= 0.3 is 0 Å². The van der Waals surface area contributed by atoms with Gasteiger partial charge in [-0.05, 0) is 37.5 Å². The first-order valence-electron chi connectivity index (χ1n) is 6.55. The second-order valence-corrected chi connectivity index (χ2v) is 4.71. The van der Waals surface area contributed by atoms with Crippen LogP contribution < -0.4 is 0 Å². The van der Waals surface area contributed by atoms with E-state index >= 15 is 0 Å². The van der Waals surface area contributed by atoms with Gasteiger partial charge in [-0.25, -0.2) is 4.39 Å². The molecular formula is C16H18FNO. The van der Waals surface area contributed by atoms with Crippen molar-refractivity contribution in [3.05, 3.63) is 60.0 Å². The summed E-state index contributed by atoms with van der Waals surface area (Å²) in [5.41, 5.74) is 0.959. The van der Waals surface area contributed by atoms with Crippen LogP contribution in [0.5, 0.6) is 0 Å². The zero-order valence-corrected chi connectivity index (χ0v) is 11.1. The van der Waals surface area contributed by atoms with Crippen molar-refractivity contribution >= 4 is 5.91 Å². The van der Waals surface area contributed by atoms with Crippen molar-refractivity contribution in [2.45, 2.75) is 32.4 Å². The van der Waals surface area contributed by atoms with Crippen LogP contribution in [0.15, 0.2) is 48.6 Å². The number of rotatable bonds is 5. The van der Waals surface area contributed by atoms with Crippen molar-refractivity contribution in [3.63, 3.8) is 0 Å². The third-order valence-electron chi connectivity index (χ3n) is 3.08. The number of benzene rings is 1. The zero-order chi connectivity index (χ0) is 13.7. The summed E-state index contributed by atoms with van der Waals surface area (Å²) in [4.78, 5) is 14.0. The number of nitrogens with zero attached hydrogens (tertiary/aromatic N) is 1. The van der Waals surface area contributed by atoms with E-state index in [-0.39, 0.29) is 11.7 Å². The van der Waals surface area contributed by atoms with E-state index in [9.17, 15) is 9.18 Å². The van der Waals surface area contributed by atoms with Gasteiger partial charge in [0.25, 0.3) is 0 Å². The number of hydrogen-bond acceptors (Lipinski definition) is 1. The van der Waals surface area contributed by atoms with E-state index < -0.39 is 0 Å². The molecule has 1 saturated carbocycles. The van der Waals surface area contributed by atoms with E-state index in [1.165, 1.54) is 12.1 Å². The molecule has 0 unspecified atom stereocenters. The summed E-state index contributed by atoms with van der Waals surface area (Å²) < 4.78 is 12.9. The number of halogens is 1. The van der Waals surface area contributed by atoms with Gasteiger partial charge in [-0.1, -0.05) is 30.4 Å². The molecule has 19 heavy (non-hydrogen) atoms. The highest BCUT2D eigenvalue weighted by Gasteiger charge is 2.31. The normalized spacial score (nSPS) is 15.3. The topological polar surface area (TPSA) is 20.3 Å². The summed E-state index contributed by atoms with van der Waals surface area (Å²) in [6, 6.07) is 6.66. The molecule has 2 nitrogen and oxygen atoms in total. The fourth-order valence-corrected chi connectivity index (χ4v) is 1.90. The monoisotopic (exact) mass is 259 g/mol. The number of allylic oxidation sites excluding steroid dienone is 3. The lowest BCUT2D eigenvalue weighted by atomic mass is 10.2. The van der Waals surface area contributed by atoms with Gasteiger partial charge in [0.1, 0.15) is 5.82 Å². The first-order chi connectivity index (χ1) is 9.20. The van der Waals surface area contributed by atoms with Crippen molar-refractivity contribution in [1.29, 1.82) is 0 Å². The Labute approximate surface area is 113 Å². The molecule has 1 aliphatic carbocycles. The molecule has 0 heterocycles. The molecule has 1 aromatic rings. The summed E-state index contributed by atoms with van der Waals surface area (Å²) >= 11 is 0. The summed E-state index contributed by atoms with van der Waals surface area (Å²) in [7, 11) is 0. The Kier molecular flexibility index (Phi) is 4.50. The van der Waals surface area contributed by atoms with E-state index in [2.05, 4.69) is 0 Å². The van der Waals surface area contributed by atoms with Gasteiger partial charge in [-0.2, -0.15) is 0 Å². The van der Waals surface area contributed by atoms with E-state index in [0.717, 1.165) is 18.4 Å². The predicted octanol–water partition coefficient (Wildman–Crippen LogP) is 3.45. The molecule has 0 aromatic heterocycles. The highest BCUT2D eigenvalue weighted by atomic mass is 19.1. The van der Waals surface area contributed by atoms with Crippen LogP contribution in [0.4, 0.5) is 4.39 Å². The third kappa shape index (κ3) is 4.05.